The van der Waals surface area contributed by atoms with Gasteiger partial charge < -0.3 is 0 Å². The maximum absolute atomic E-state index is 4.94. The molecule has 0 saturated carbocycles. The second-order valence-electron chi connectivity index (χ2n) is 0.247. The van der Waals surface area contributed by atoms with Crippen LogP contribution < -0.4 is 0 Å². The summed E-state index contributed by atoms with van der Waals surface area (Å²) in [6.07, 6.45) is 0. The molecule has 0 fully saturated rings. The van der Waals surface area contributed by atoms with Gasteiger partial charge in [-0.2, -0.15) is 0 Å². The van der Waals surface area contributed by atoms with Crippen molar-refractivity contribution in [3.05, 3.63) is 0 Å². The van der Waals surface area contributed by atoms with E-state index in [0.717, 1.165) is 0 Å². The van der Waals surface area contributed by atoms with Gasteiger partial charge in [0.25, 0.3) is 0 Å². The van der Waals surface area contributed by atoms with Gasteiger partial charge in [-0.05, 0) is 0 Å². The van der Waals surface area contributed by atoms with Crippen LogP contribution in [0.3, 0.4) is 0 Å². The van der Waals surface area contributed by atoms with Crippen molar-refractivity contribution in [1.82, 2.24) is 0 Å². The Bertz CT molecular complexity index is 11.6. The van der Waals surface area contributed by atoms with Gasteiger partial charge in [0.05, 0.1) is 0 Å². The van der Waals surface area contributed by atoms with E-state index in [0.29, 0.717) is 0 Å². The molecule has 0 heterocycles. The molecule has 0 rings (SSSR count). The molecule has 5 heteroatoms. The number of halogens is 3. The quantitative estimate of drug-likeness (QED) is 0.518. The summed E-state index contributed by atoms with van der Waals surface area (Å²) < 4.78 is 0. The summed E-state index contributed by atoms with van der Waals surface area (Å²) in [5, 5.41) is 0. The van der Waals surface area contributed by atoms with E-state index in [4.69, 9.17) is 30.1 Å². The van der Waals surface area contributed by atoms with Crippen molar-refractivity contribution in [2.24, 2.45) is 0 Å². The Labute approximate surface area is 58.2 Å². The SMILES string of the molecule is [Cl][Al]([Cl])[Cl].[Cu]. The molecule has 0 unspecified atom stereocenters. The second kappa shape index (κ2) is 5.92. The second-order valence-corrected chi connectivity index (χ2v) is 6.68. The number of hydrogen-bond donors (Lipinski definition) is 0. The molecule has 5 heavy (non-hydrogen) atoms. The summed E-state index contributed by atoms with van der Waals surface area (Å²) in [5.41, 5.74) is 0. The third-order valence-electron chi connectivity index (χ3n) is 0. The minimum absolute atomic E-state index is 0. The van der Waals surface area contributed by atoms with Gasteiger partial charge in [-0.3, -0.25) is 0 Å². The Balaban J connectivity index is 0. The Morgan fingerprint density at radius 2 is 1.00 bits per heavy atom. The van der Waals surface area contributed by atoms with Crippen LogP contribution in [0.15, 0.2) is 0 Å². The van der Waals surface area contributed by atoms with Gasteiger partial charge in [-0.25, -0.2) is 30.1 Å². The molecule has 0 nitrogen and oxygen atoms in total. The minimum Gasteiger partial charge on any atom is -0.214 e. The third kappa shape index (κ3) is 24.7. The molecule has 0 atom stereocenters. The molecular formula is AlCl3Cu. The fraction of sp³-hybridized carbons (Fsp3) is 0. The van der Waals surface area contributed by atoms with E-state index in [1.165, 1.54) is 0 Å². The minimum atomic E-state index is -1.72. The van der Waals surface area contributed by atoms with Crippen LogP contribution in [-0.4, -0.2) is 11.4 Å². The van der Waals surface area contributed by atoms with E-state index in [1.807, 2.05) is 0 Å². The predicted molar refractivity (Wildman–Crippen MR) is 23.3 cm³/mol. The van der Waals surface area contributed by atoms with Crippen molar-refractivity contribution in [1.29, 1.82) is 0 Å². The normalized spacial score (nSPS) is 5.40. The van der Waals surface area contributed by atoms with Crippen molar-refractivity contribution in [2.45, 2.75) is 0 Å². The van der Waals surface area contributed by atoms with Crippen molar-refractivity contribution in [3.63, 3.8) is 0 Å². The van der Waals surface area contributed by atoms with Gasteiger partial charge in [-0.1, -0.05) is 0 Å². The van der Waals surface area contributed by atoms with Gasteiger partial charge in [0, 0.05) is 17.1 Å². The monoisotopic (exact) mass is 195 g/mol. The zero-order chi connectivity index (χ0) is 3.58. The van der Waals surface area contributed by atoms with E-state index < -0.39 is 11.4 Å². The van der Waals surface area contributed by atoms with Gasteiger partial charge in [0.2, 0.25) is 0 Å². The molecule has 0 N–H and O–H groups in total. The van der Waals surface area contributed by atoms with Crippen LogP contribution in [0.1, 0.15) is 0 Å². The summed E-state index contributed by atoms with van der Waals surface area (Å²) in [6, 6.07) is 0. The first-order chi connectivity index (χ1) is 1.73. The molecular weight excluding hydrogens is 197 g/mol. The average Bonchev–Trinajstić information content (AvgIpc) is 0.811. The summed E-state index contributed by atoms with van der Waals surface area (Å²) in [6.45, 7) is 0. The zero-order valence-corrected chi connectivity index (χ0v) is 6.38. The Morgan fingerprint density at radius 1 is 1.00 bits per heavy atom. The molecule has 0 amide bonds. The van der Waals surface area contributed by atoms with Crippen LogP contribution in [-0.2, 0) is 17.1 Å². The predicted octanol–water partition coefficient (Wildman–Crippen LogP) is 1.69. The summed E-state index contributed by atoms with van der Waals surface area (Å²) in [7, 11) is 14.8. The van der Waals surface area contributed by atoms with Crippen LogP contribution >= 0.6 is 30.1 Å². The van der Waals surface area contributed by atoms with Crippen molar-refractivity contribution in [2.75, 3.05) is 0 Å². The fourth-order valence-electron chi connectivity index (χ4n) is 0. The van der Waals surface area contributed by atoms with Crippen LogP contribution in [0, 0.1) is 0 Å². The largest absolute Gasteiger partial charge is 0.643 e. The Hall–Kier alpha value is 1.92. The molecule has 0 aliphatic heterocycles. The first-order valence-corrected chi connectivity index (χ1v) is 5.89. The summed E-state index contributed by atoms with van der Waals surface area (Å²) in [4.78, 5) is 0. The maximum atomic E-state index is 4.94. The van der Waals surface area contributed by atoms with Gasteiger partial charge in [-0.15, -0.1) is 0 Å². The summed E-state index contributed by atoms with van der Waals surface area (Å²) >= 11 is -1.72. The van der Waals surface area contributed by atoms with E-state index in [-0.39, 0.29) is 17.1 Å². The molecule has 0 bridgehead atoms. The smallest absolute Gasteiger partial charge is 0.214 e. The van der Waals surface area contributed by atoms with E-state index >= 15 is 0 Å². The molecule has 0 saturated heterocycles. The first-order valence-electron chi connectivity index (χ1n) is 0.655. The van der Waals surface area contributed by atoms with E-state index in [1.54, 1.807) is 0 Å². The summed E-state index contributed by atoms with van der Waals surface area (Å²) in [5.74, 6) is 0. The third-order valence-corrected chi connectivity index (χ3v) is 0. The van der Waals surface area contributed by atoms with Crippen molar-refractivity contribution >= 4 is 41.5 Å². The maximum Gasteiger partial charge on any atom is 0.643 e. The molecule has 1 radical (unpaired) electrons. The number of hydrogen-bond acceptors (Lipinski definition) is 0. The molecule has 0 aromatic heterocycles. The van der Waals surface area contributed by atoms with Crippen LogP contribution in [0.2, 0.25) is 0 Å². The molecule has 0 aliphatic carbocycles. The Kier molecular flexibility index (Phi) is 11.9. The van der Waals surface area contributed by atoms with Crippen molar-refractivity contribution in [3.8, 4) is 0 Å². The average molecular weight is 197 g/mol. The zero-order valence-electron chi connectivity index (χ0n) is 2.01. The van der Waals surface area contributed by atoms with Gasteiger partial charge >= 0.3 is 11.4 Å². The first kappa shape index (κ1) is 10.0. The molecule has 0 aromatic carbocycles. The van der Waals surface area contributed by atoms with Crippen LogP contribution in [0.5, 0.6) is 0 Å². The van der Waals surface area contributed by atoms with Crippen LogP contribution in [0.4, 0.5) is 0 Å². The van der Waals surface area contributed by atoms with Gasteiger partial charge in [0.15, 0.2) is 0 Å². The van der Waals surface area contributed by atoms with E-state index in [9.17, 15) is 0 Å². The van der Waals surface area contributed by atoms with Crippen molar-refractivity contribution < 1.29 is 17.1 Å². The fourth-order valence-corrected chi connectivity index (χ4v) is 0. The van der Waals surface area contributed by atoms with Gasteiger partial charge in [0.1, 0.15) is 0 Å². The van der Waals surface area contributed by atoms with E-state index in [2.05, 4.69) is 0 Å². The molecule has 0 aliphatic rings. The molecule has 0 spiro atoms. The standard InChI is InChI=1S/Al.3ClH.Cu/h;3*1H;/q+3;;;;/p-3. The molecule has 0 aromatic rings. The Morgan fingerprint density at radius 3 is 1.00 bits per heavy atom. The van der Waals surface area contributed by atoms with Crippen LogP contribution in [0.25, 0.3) is 0 Å². The number of rotatable bonds is 0. The molecule has 35 valence electrons. The topological polar surface area (TPSA) is 0 Å².